The van der Waals surface area contributed by atoms with E-state index >= 15 is 0 Å². The zero-order chi connectivity index (χ0) is 35.2. The van der Waals surface area contributed by atoms with Gasteiger partial charge in [0.1, 0.15) is 0 Å². The largest absolute Gasteiger partial charge is 0.289 e. The molecule has 3 heteroatoms. The predicted molar refractivity (Wildman–Crippen MR) is 224 cm³/mol. The number of carbonyl (C=O) groups is 1. The molecular weight excluding hydrogens is 661 g/mol. The lowest BCUT2D eigenvalue weighted by Crippen LogP contribution is -2.74. The highest BCUT2D eigenvalue weighted by atomic mass is 28.3. The highest BCUT2D eigenvalue weighted by Gasteiger charge is 2.42. The van der Waals surface area contributed by atoms with E-state index in [0.29, 0.717) is 11.1 Å². The maximum Gasteiger partial charge on any atom is 0.193 e. The third-order valence-corrected chi connectivity index (χ3v) is 20.0. The summed E-state index contributed by atoms with van der Waals surface area (Å²) < 4.78 is 0. The van der Waals surface area contributed by atoms with Gasteiger partial charge in [0.05, 0.1) is 0 Å². The number of hydrogen-bond donors (Lipinski definition) is 0. The van der Waals surface area contributed by atoms with E-state index in [9.17, 15) is 4.79 Å². The van der Waals surface area contributed by atoms with Gasteiger partial charge in [-0.25, -0.2) is 0 Å². The average Bonchev–Trinajstić information content (AvgIpc) is 3.24. The third-order valence-electron chi connectivity index (χ3n) is 10.4. The second-order valence-electron chi connectivity index (χ2n) is 13.2. The molecule has 0 saturated heterocycles. The summed E-state index contributed by atoms with van der Waals surface area (Å²) in [6.07, 6.45) is 0. The van der Waals surface area contributed by atoms with Crippen LogP contribution in [-0.2, 0) is 0 Å². The minimum atomic E-state index is -2.67. The second-order valence-corrected chi connectivity index (χ2v) is 20.8. The van der Waals surface area contributed by atoms with Crippen LogP contribution < -0.4 is 41.5 Å². The van der Waals surface area contributed by atoms with Gasteiger partial charge >= 0.3 is 0 Å². The van der Waals surface area contributed by atoms with Gasteiger partial charge in [-0.2, -0.15) is 0 Å². The summed E-state index contributed by atoms with van der Waals surface area (Å²) in [4.78, 5) is 14.2. The molecule has 8 aromatic carbocycles. The maximum absolute atomic E-state index is 14.2. The minimum Gasteiger partial charge on any atom is -0.289 e. The Bertz CT molecular complexity index is 2000. The van der Waals surface area contributed by atoms with Crippen LogP contribution in [-0.4, -0.2) is 21.9 Å². The van der Waals surface area contributed by atoms with Gasteiger partial charge < -0.3 is 0 Å². The summed E-state index contributed by atoms with van der Waals surface area (Å²) in [5.41, 5.74) is 1.37. The molecule has 0 aliphatic carbocycles. The molecule has 0 radical (unpaired) electrons. The van der Waals surface area contributed by atoms with Crippen molar-refractivity contribution in [2.75, 3.05) is 0 Å². The monoisotopic (exact) mass is 698 g/mol. The third kappa shape index (κ3) is 5.80. The number of carbonyl (C=O) groups excluding carboxylic acids is 1. The van der Waals surface area contributed by atoms with Crippen LogP contribution in [0, 0.1) is 0 Å². The molecule has 52 heavy (non-hydrogen) atoms. The Morgan fingerprint density at radius 1 is 0.231 bits per heavy atom. The van der Waals surface area contributed by atoms with Gasteiger partial charge in [0.15, 0.2) is 21.9 Å². The number of ketones is 1. The van der Waals surface area contributed by atoms with Crippen LogP contribution in [0.25, 0.3) is 0 Å². The van der Waals surface area contributed by atoms with Crippen LogP contribution in [0.15, 0.2) is 231 Å². The quantitative estimate of drug-likeness (QED) is 0.102. The Balaban J connectivity index is 1.21. The lowest BCUT2D eigenvalue weighted by atomic mass is 10.0. The Morgan fingerprint density at radius 3 is 0.596 bits per heavy atom. The van der Waals surface area contributed by atoms with E-state index in [1.54, 1.807) is 0 Å². The summed E-state index contributed by atoms with van der Waals surface area (Å²) in [5.74, 6) is 0.0240. The summed E-state index contributed by atoms with van der Waals surface area (Å²) in [6.45, 7) is 0. The van der Waals surface area contributed by atoms with Crippen molar-refractivity contribution in [3.8, 4) is 0 Å². The smallest absolute Gasteiger partial charge is 0.193 e. The van der Waals surface area contributed by atoms with Crippen molar-refractivity contribution < 1.29 is 4.79 Å². The first-order valence-corrected chi connectivity index (χ1v) is 21.8. The van der Waals surface area contributed by atoms with Crippen LogP contribution in [0.2, 0.25) is 0 Å². The molecule has 0 aliphatic heterocycles. The van der Waals surface area contributed by atoms with E-state index < -0.39 is 16.1 Å². The van der Waals surface area contributed by atoms with Gasteiger partial charge in [-0.15, -0.1) is 0 Å². The number of hydrogen-bond acceptors (Lipinski definition) is 1. The highest BCUT2D eigenvalue weighted by Crippen LogP contribution is 2.15. The molecule has 8 rings (SSSR count). The molecule has 0 atom stereocenters. The summed E-state index contributed by atoms with van der Waals surface area (Å²) >= 11 is 0. The van der Waals surface area contributed by atoms with Gasteiger partial charge in [0, 0.05) is 11.1 Å². The van der Waals surface area contributed by atoms with Crippen LogP contribution in [0.4, 0.5) is 0 Å². The van der Waals surface area contributed by atoms with Crippen molar-refractivity contribution in [2.45, 2.75) is 0 Å². The molecule has 0 heterocycles. The highest BCUT2D eigenvalue weighted by molar-refractivity contribution is 7.20. The molecule has 0 aliphatic rings. The first-order chi connectivity index (χ1) is 25.7. The number of rotatable bonds is 10. The topological polar surface area (TPSA) is 17.1 Å². The molecule has 248 valence electrons. The SMILES string of the molecule is O=C(c1ccc([Si](c2ccccc2)(c2ccccc2)c2ccccc2)cc1)c1ccc([Si](c2ccccc2)(c2ccccc2)c2ccccc2)cc1. The van der Waals surface area contributed by atoms with Crippen molar-refractivity contribution in [1.82, 2.24) is 0 Å². The number of benzene rings is 8. The van der Waals surface area contributed by atoms with Crippen molar-refractivity contribution in [3.05, 3.63) is 242 Å². The van der Waals surface area contributed by atoms with Crippen molar-refractivity contribution in [3.63, 3.8) is 0 Å². The first kappa shape index (κ1) is 33.0. The fourth-order valence-electron chi connectivity index (χ4n) is 8.04. The van der Waals surface area contributed by atoms with Crippen molar-refractivity contribution in [2.24, 2.45) is 0 Å². The van der Waals surface area contributed by atoms with E-state index in [-0.39, 0.29) is 5.78 Å². The van der Waals surface area contributed by atoms with Gasteiger partial charge in [-0.05, 0) is 41.5 Å². The van der Waals surface area contributed by atoms with Crippen LogP contribution in [0.1, 0.15) is 15.9 Å². The van der Waals surface area contributed by atoms with Crippen molar-refractivity contribution in [1.29, 1.82) is 0 Å². The molecular formula is C49H38OSi2. The van der Waals surface area contributed by atoms with E-state index in [1.807, 2.05) is 24.3 Å². The lowest BCUT2D eigenvalue weighted by Gasteiger charge is -2.34. The van der Waals surface area contributed by atoms with E-state index in [1.165, 1.54) is 41.5 Å². The molecule has 8 aromatic rings. The molecule has 0 saturated carbocycles. The van der Waals surface area contributed by atoms with E-state index in [2.05, 4.69) is 206 Å². The molecule has 0 unspecified atom stereocenters. The summed E-state index contributed by atoms with van der Waals surface area (Å²) in [7, 11) is -5.34. The van der Waals surface area contributed by atoms with Gasteiger partial charge in [0.2, 0.25) is 0 Å². The van der Waals surface area contributed by atoms with Crippen LogP contribution >= 0.6 is 0 Å². The Hall–Kier alpha value is -6.14. The average molecular weight is 699 g/mol. The second kappa shape index (κ2) is 14.6. The zero-order valence-corrected chi connectivity index (χ0v) is 30.8. The van der Waals surface area contributed by atoms with Gasteiger partial charge in [0.25, 0.3) is 0 Å². The van der Waals surface area contributed by atoms with E-state index in [4.69, 9.17) is 0 Å². The first-order valence-electron chi connectivity index (χ1n) is 17.8. The predicted octanol–water partition coefficient (Wildman–Crippen LogP) is 5.67. The van der Waals surface area contributed by atoms with Crippen molar-refractivity contribution >= 4 is 63.4 Å². The standard InChI is InChI=1S/C49H38OSi2/c50-49(39-31-35-47(36-32-39)51(41-19-7-1-8-20-41,42-21-9-2-10-22-42)43-23-11-3-12-24-43)40-33-37-48(38-34-40)52(44-25-13-4-14-26-44,45-27-15-5-16-28-45)46-29-17-6-18-30-46/h1-38H. The fraction of sp³-hybridized carbons (Fsp3) is 0. The van der Waals surface area contributed by atoms with E-state index in [0.717, 1.165) is 0 Å². The maximum atomic E-state index is 14.2. The molecule has 0 N–H and O–H groups in total. The molecule has 0 amide bonds. The van der Waals surface area contributed by atoms with Crippen LogP contribution in [0.5, 0.6) is 0 Å². The molecule has 0 bridgehead atoms. The fourth-order valence-corrected chi connectivity index (χ4v) is 17.5. The Labute approximate surface area is 308 Å². The Morgan fingerprint density at radius 2 is 0.404 bits per heavy atom. The molecule has 0 fully saturated rings. The molecule has 1 nitrogen and oxygen atoms in total. The van der Waals surface area contributed by atoms with Gasteiger partial charge in [-0.1, -0.05) is 231 Å². The summed E-state index contributed by atoms with van der Waals surface area (Å²) in [6, 6.07) is 82.1. The summed E-state index contributed by atoms with van der Waals surface area (Å²) in [5, 5.41) is 10.3. The lowest BCUT2D eigenvalue weighted by molar-refractivity contribution is 0.103. The zero-order valence-electron chi connectivity index (χ0n) is 28.8. The van der Waals surface area contributed by atoms with Crippen LogP contribution in [0.3, 0.4) is 0 Å². The molecule has 0 spiro atoms. The normalized spacial score (nSPS) is 11.5. The molecule has 0 aromatic heterocycles. The minimum absolute atomic E-state index is 0.0240. The van der Waals surface area contributed by atoms with Gasteiger partial charge in [-0.3, -0.25) is 4.79 Å². The Kier molecular flexibility index (Phi) is 9.28.